The topological polar surface area (TPSA) is 86.7 Å². The Bertz CT molecular complexity index is 943. The van der Waals surface area contributed by atoms with E-state index in [1.807, 2.05) is 0 Å². The SMILES string of the molecule is O=C(CN1C(=O)S/C(=C\c2cccc(Cl)c2)C1=O)NCCc1ccc(O)cc1. The van der Waals surface area contributed by atoms with Gasteiger partial charge in [0, 0.05) is 11.6 Å². The van der Waals surface area contributed by atoms with Crippen LogP contribution in [0.5, 0.6) is 5.75 Å². The van der Waals surface area contributed by atoms with Crippen LogP contribution in [0.3, 0.4) is 0 Å². The van der Waals surface area contributed by atoms with E-state index in [0.717, 1.165) is 22.2 Å². The minimum atomic E-state index is -0.497. The molecule has 28 heavy (non-hydrogen) atoms. The van der Waals surface area contributed by atoms with Gasteiger partial charge in [0.2, 0.25) is 5.91 Å². The van der Waals surface area contributed by atoms with Crippen LogP contribution in [0.25, 0.3) is 6.08 Å². The largest absolute Gasteiger partial charge is 0.508 e. The summed E-state index contributed by atoms with van der Waals surface area (Å²) >= 11 is 6.73. The van der Waals surface area contributed by atoms with Gasteiger partial charge in [-0.05, 0) is 59.7 Å². The molecule has 0 unspecified atom stereocenters. The summed E-state index contributed by atoms with van der Waals surface area (Å²) in [5.41, 5.74) is 1.66. The first-order valence-corrected chi connectivity index (χ1v) is 9.67. The van der Waals surface area contributed by atoms with Crippen LogP contribution in [-0.2, 0) is 16.0 Å². The Balaban J connectivity index is 1.54. The number of hydrogen-bond acceptors (Lipinski definition) is 5. The van der Waals surface area contributed by atoms with E-state index in [9.17, 15) is 19.5 Å². The van der Waals surface area contributed by atoms with Crippen LogP contribution in [0, 0.1) is 0 Å². The maximum atomic E-state index is 12.4. The second kappa shape index (κ2) is 8.95. The first-order chi connectivity index (χ1) is 13.4. The number of thioether (sulfide) groups is 1. The molecule has 0 aliphatic carbocycles. The second-order valence-electron chi connectivity index (χ2n) is 6.09. The number of halogens is 1. The van der Waals surface area contributed by atoms with Crippen LogP contribution in [-0.4, -0.2) is 40.1 Å². The molecule has 2 aromatic carbocycles. The Morgan fingerprint density at radius 2 is 1.93 bits per heavy atom. The third-order valence-electron chi connectivity index (χ3n) is 3.99. The van der Waals surface area contributed by atoms with Gasteiger partial charge in [0.05, 0.1) is 4.91 Å². The highest BCUT2D eigenvalue weighted by Crippen LogP contribution is 2.32. The molecule has 3 rings (SSSR count). The fourth-order valence-corrected chi connectivity index (χ4v) is 3.63. The van der Waals surface area contributed by atoms with E-state index < -0.39 is 17.1 Å². The van der Waals surface area contributed by atoms with Crippen LogP contribution in [0.2, 0.25) is 5.02 Å². The van der Waals surface area contributed by atoms with Crippen molar-refractivity contribution < 1.29 is 19.5 Å². The van der Waals surface area contributed by atoms with E-state index in [2.05, 4.69) is 5.32 Å². The first-order valence-electron chi connectivity index (χ1n) is 8.48. The lowest BCUT2D eigenvalue weighted by atomic mass is 10.1. The van der Waals surface area contributed by atoms with E-state index in [1.54, 1.807) is 54.6 Å². The third kappa shape index (κ3) is 5.15. The smallest absolute Gasteiger partial charge is 0.294 e. The van der Waals surface area contributed by atoms with Crippen LogP contribution in [0.15, 0.2) is 53.4 Å². The van der Waals surface area contributed by atoms with Gasteiger partial charge in [0.25, 0.3) is 11.1 Å². The van der Waals surface area contributed by atoms with Gasteiger partial charge in [-0.1, -0.05) is 35.9 Å². The summed E-state index contributed by atoms with van der Waals surface area (Å²) in [6, 6.07) is 13.6. The normalized spacial score (nSPS) is 15.3. The zero-order chi connectivity index (χ0) is 20.1. The van der Waals surface area contributed by atoms with Gasteiger partial charge in [-0.2, -0.15) is 0 Å². The summed E-state index contributed by atoms with van der Waals surface area (Å²) in [6.07, 6.45) is 2.15. The monoisotopic (exact) mass is 416 g/mol. The number of rotatable bonds is 6. The Hall–Kier alpha value is -2.77. The summed E-state index contributed by atoms with van der Waals surface area (Å²) in [5, 5.41) is 12.0. The molecule has 1 fully saturated rings. The number of amides is 3. The van der Waals surface area contributed by atoms with Crippen molar-refractivity contribution in [3.8, 4) is 5.75 Å². The molecule has 0 atom stereocenters. The molecule has 0 saturated carbocycles. The van der Waals surface area contributed by atoms with Crippen LogP contribution < -0.4 is 5.32 Å². The van der Waals surface area contributed by atoms with Crippen molar-refractivity contribution in [1.29, 1.82) is 0 Å². The number of phenolic OH excluding ortho intramolecular Hbond substituents is 1. The molecule has 0 radical (unpaired) electrons. The Morgan fingerprint density at radius 3 is 2.64 bits per heavy atom. The summed E-state index contributed by atoms with van der Waals surface area (Å²) < 4.78 is 0. The quantitative estimate of drug-likeness (QED) is 0.704. The molecular formula is C20H17ClN2O4S. The predicted octanol–water partition coefficient (Wildman–Crippen LogP) is 3.44. The number of benzene rings is 2. The fourth-order valence-electron chi connectivity index (χ4n) is 2.59. The van der Waals surface area contributed by atoms with Crippen molar-refractivity contribution in [2.24, 2.45) is 0 Å². The van der Waals surface area contributed by atoms with Crippen molar-refractivity contribution in [1.82, 2.24) is 10.2 Å². The lowest BCUT2D eigenvalue weighted by Gasteiger charge is -2.12. The zero-order valence-electron chi connectivity index (χ0n) is 14.7. The van der Waals surface area contributed by atoms with E-state index >= 15 is 0 Å². The van der Waals surface area contributed by atoms with E-state index in [0.29, 0.717) is 23.6 Å². The Kier molecular flexibility index (Phi) is 6.38. The molecule has 8 heteroatoms. The Labute approximate surface area is 171 Å². The molecule has 6 nitrogen and oxygen atoms in total. The van der Waals surface area contributed by atoms with Gasteiger partial charge in [-0.15, -0.1) is 0 Å². The summed E-state index contributed by atoms with van der Waals surface area (Å²) in [6.45, 7) is 0.0330. The maximum Gasteiger partial charge on any atom is 0.294 e. The lowest BCUT2D eigenvalue weighted by Crippen LogP contribution is -2.40. The van der Waals surface area contributed by atoms with Crippen molar-refractivity contribution >= 4 is 46.5 Å². The van der Waals surface area contributed by atoms with Gasteiger partial charge in [0.15, 0.2) is 0 Å². The molecule has 1 aliphatic rings. The Morgan fingerprint density at radius 1 is 1.18 bits per heavy atom. The molecule has 3 amide bonds. The molecule has 1 heterocycles. The number of nitrogens with one attached hydrogen (secondary N) is 1. The predicted molar refractivity (Wildman–Crippen MR) is 109 cm³/mol. The van der Waals surface area contributed by atoms with E-state index in [4.69, 9.17) is 11.6 Å². The van der Waals surface area contributed by atoms with Crippen molar-refractivity contribution in [2.45, 2.75) is 6.42 Å². The summed E-state index contributed by atoms with van der Waals surface area (Å²) in [5.74, 6) is -0.730. The minimum absolute atomic E-state index is 0.179. The van der Waals surface area contributed by atoms with Crippen LogP contribution in [0.1, 0.15) is 11.1 Å². The zero-order valence-corrected chi connectivity index (χ0v) is 16.3. The number of phenols is 1. The van der Waals surface area contributed by atoms with Gasteiger partial charge in [0.1, 0.15) is 12.3 Å². The molecule has 0 spiro atoms. The van der Waals surface area contributed by atoms with E-state index in [1.165, 1.54) is 0 Å². The molecule has 0 bridgehead atoms. The van der Waals surface area contributed by atoms with Crippen molar-refractivity contribution in [3.63, 3.8) is 0 Å². The van der Waals surface area contributed by atoms with Crippen molar-refractivity contribution in [3.05, 3.63) is 69.6 Å². The van der Waals surface area contributed by atoms with Gasteiger partial charge < -0.3 is 10.4 Å². The standard InChI is InChI=1S/C20H17ClN2O4S/c21-15-3-1-2-14(10-15)11-17-19(26)23(20(27)28-17)12-18(25)22-9-8-13-4-6-16(24)7-5-13/h1-7,10-11,24H,8-9,12H2,(H,22,25)/b17-11-. The average Bonchev–Trinajstić information content (AvgIpc) is 2.91. The highest BCUT2D eigenvalue weighted by Gasteiger charge is 2.36. The molecule has 2 aromatic rings. The van der Waals surface area contributed by atoms with Gasteiger partial charge >= 0.3 is 0 Å². The molecular weight excluding hydrogens is 400 g/mol. The third-order valence-corrected chi connectivity index (χ3v) is 5.14. The second-order valence-corrected chi connectivity index (χ2v) is 7.52. The summed E-state index contributed by atoms with van der Waals surface area (Å²) in [4.78, 5) is 37.8. The van der Waals surface area contributed by atoms with Crippen LogP contribution >= 0.6 is 23.4 Å². The molecule has 144 valence electrons. The highest BCUT2D eigenvalue weighted by atomic mass is 35.5. The number of aromatic hydroxyl groups is 1. The molecule has 1 aliphatic heterocycles. The van der Waals surface area contributed by atoms with Crippen LogP contribution in [0.4, 0.5) is 4.79 Å². The molecule has 2 N–H and O–H groups in total. The molecule has 0 aromatic heterocycles. The average molecular weight is 417 g/mol. The number of nitrogens with zero attached hydrogens (tertiary/aromatic N) is 1. The lowest BCUT2D eigenvalue weighted by molar-refractivity contribution is -0.129. The highest BCUT2D eigenvalue weighted by molar-refractivity contribution is 8.18. The number of carbonyl (C=O) groups is 3. The fraction of sp³-hybridized carbons (Fsp3) is 0.150. The van der Waals surface area contributed by atoms with Crippen molar-refractivity contribution in [2.75, 3.05) is 13.1 Å². The van der Waals surface area contributed by atoms with Gasteiger partial charge in [-0.3, -0.25) is 19.3 Å². The summed E-state index contributed by atoms with van der Waals surface area (Å²) in [7, 11) is 0. The molecule has 1 saturated heterocycles. The maximum absolute atomic E-state index is 12.4. The number of carbonyl (C=O) groups excluding carboxylic acids is 3. The first kappa shape index (κ1) is 20.0. The van der Waals surface area contributed by atoms with Gasteiger partial charge in [-0.25, -0.2) is 0 Å². The number of imide groups is 1. The minimum Gasteiger partial charge on any atom is -0.508 e. The number of hydrogen-bond donors (Lipinski definition) is 2. The van der Waals surface area contributed by atoms with E-state index in [-0.39, 0.29) is 17.2 Å².